The predicted molar refractivity (Wildman–Crippen MR) is 74.1 cm³/mol. The number of rotatable bonds is 6. The lowest BCUT2D eigenvalue weighted by atomic mass is 10.1. The van der Waals surface area contributed by atoms with Crippen LogP contribution in [-0.4, -0.2) is 17.8 Å². The standard InChI is InChI=1S/C15H12FNO4/c16-14-9-12(10-18)3-6-15(14)21-8-7-11-1-4-13(5-2-11)17(19)20/h1-6,9-10H,7-8H2. The second kappa shape index (κ2) is 6.60. The zero-order valence-electron chi connectivity index (χ0n) is 11.0. The van der Waals surface area contributed by atoms with Crippen molar-refractivity contribution >= 4 is 12.0 Å². The average molecular weight is 289 g/mol. The second-order valence-electron chi connectivity index (χ2n) is 4.33. The Morgan fingerprint density at radius 3 is 2.48 bits per heavy atom. The Labute approximate surface area is 120 Å². The van der Waals surface area contributed by atoms with Crippen LogP contribution in [0.4, 0.5) is 10.1 Å². The molecule has 0 fully saturated rings. The molecule has 0 aliphatic heterocycles. The molecule has 0 radical (unpaired) electrons. The van der Waals surface area contributed by atoms with Crippen LogP contribution >= 0.6 is 0 Å². The largest absolute Gasteiger partial charge is 0.490 e. The number of non-ortho nitro benzene ring substituents is 1. The van der Waals surface area contributed by atoms with E-state index >= 15 is 0 Å². The van der Waals surface area contributed by atoms with Crippen molar-refractivity contribution in [2.75, 3.05) is 6.61 Å². The highest BCUT2D eigenvalue weighted by Gasteiger charge is 2.06. The quantitative estimate of drug-likeness (QED) is 0.465. The van der Waals surface area contributed by atoms with E-state index in [9.17, 15) is 19.3 Å². The third-order valence-corrected chi connectivity index (χ3v) is 2.89. The summed E-state index contributed by atoms with van der Waals surface area (Å²) in [4.78, 5) is 20.5. The molecule has 0 saturated carbocycles. The van der Waals surface area contributed by atoms with E-state index in [1.165, 1.54) is 24.3 Å². The van der Waals surface area contributed by atoms with Crippen molar-refractivity contribution in [2.45, 2.75) is 6.42 Å². The van der Waals surface area contributed by atoms with Crippen LogP contribution in [0.1, 0.15) is 15.9 Å². The van der Waals surface area contributed by atoms with Crippen LogP contribution in [0, 0.1) is 15.9 Å². The summed E-state index contributed by atoms with van der Waals surface area (Å²) in [7, 11) is 0. The van der Waals surface area contributed by atoms with E-state index in [1.54, 1.807) is 12.1 Å². The number of nitrogens with zero attached hydrogens (tertiary/aromatic N) is 1. The molecular weight excluding hydrogens is 277 g/mol. The summed E-state index contributed by atoms with van der Waals surface area (Å²) >= 11 is 0. The van der Waals surface area contributed by atoms with Gasteiger partial charge in [0, 0.05) is 24.1 Å². The molecule has 2 rings (SSSR count). The maximum atomic E-state index is 13.5. The second-order valence-corrected chi connectivity index (χ2v) is 4.33. The molecule has 0 bridgehead atoms. The molecule has 21 heavy (non-hydrogen) atoms. The van der Waals surface area contributed by atoms with Crippen LogP contribution in [0.15, 0.2) is 42.5 Å². The SMILES string of the molecule is O=Cc1ccc(OCCc2ccc([N+](=O)[O-])cc2)c(F)c1. The maximum Gasteiger partial charge on any atom is 0.269 e. The summed E-state index contributed by atoms with van der Waals surface area (Å²) in [5.74, 6) is -0.522. The van der Waals surface area contributed by atoms with Gasteiger partial charge in [0.15, 0.2) is 11.6 Å². The molecule has 0 aliphatic rings. The van der Waals surface area contributed by atoms with Crippen LogP contribution in [0.3, 0.4) is 0 Å². The molecule has 0 unspecified atom stereocenters. The number of carbonyl (C=O) groups excluding carboxylic acids is 1. The molecule has 2 aromatic rings. The van der Waals surface area contributed by atoms with Crippen molar-refractivity contribution < 1.29 is 18.8 Å². The maximum absolute atomic E-state index is 13.5. The number of carbonyl (C=O) groups is 1. The summed E-state index contributed by atoms with van der Waals surface area (Å²) in [6.07, 6.45) is 1.05. The summed E-state index contributed by atoms with van der Waals surface area (Å²) < 4.78 is 18.8. The Hall–Kier alpha value is -2.76. The van der Waals surface area contributed by atoms with Gasteiger partial charge in [-0.1, -0.05) is 12.1 Å². The highest BCUT2D eigenvalue weighted by Crippen LogP contribution is 2.18. The molecule has 0 N–H and O–H groups in total. The van der Waals surface area contributed by atoms with Gasteiger partial charge >= 0.3 is 0 Å². The van der Waals surface area contributed by atoms with E-state index in [-0.39, 0.29) is 23.6 Å². The normalized spacial score (nSPS) is 10.1. The summed E-state index contributed by atoms with van der Waals surface area (Å²) in [6.45, 7) is 0.231. The van der Waals surface area contributed by atoms with Crippen molar-refractivity contribution in [3.8, 4) is 5.75 Å². The number of ether oxygens (including phenoxy) is 1. The van der Waals surface area contributed by atoms with Crippen molar-refractivity contribution in [1.82, 2.24) is 0 Å². The monoisotopic (exact) mass is 289 g/mol. The Kier molecular flexibility index (Phi) is 4.61. The third-order valence-electron chi connectivity index (χ3n) is 2.89. The van der Waals surface area contributed by atoms with E-state index in [1.807, 2.05) is 0 Å². The lowest BCUT2D eigenvalue weighted by molar-refractivity contribution is -0.384. The first kappa shape index (κ1) is 14.6. The molecule has 0 heterocycles. The molecule has 0 spiro atoms. The van der Waals surface area contributed by atoms with E-state index in [0.717, 1.165) is 11.6 Å². The Morgan fingerprint density at radius 2 is 1.90 bits per heavy atom. The van der Waals surface area contributed by atoms with Gasteiger partial charge in [-0.3, -0.25) is 14.9 Å². The molecule has 0 atom stereocenters. The van der Waals surface area contributed by atoms with Crippen LogP contribution < -0.4 is 4.74 Å². The van der Waals surface area contributed by atoms with Crippen LogP contribution in [0.5, 0.6) is 5.75 Å². The van der Waals surface area contributed by atoms with Gasteiger partial charge in [0.1, 0.15) is 6.29 Å². The number of nitro benzene ring substituents is 1. The first-order valence-electron chi connectivity index (χ1n) is 6.21. The van der Waals surface area contributed by atoms with Gasteiger partial charge in [0.05, 0.1) is 11.5 Å². The summed E-state index contributed by atoms with van der Waals surface area (Å²) in [5, 5.41) is 10.5. The van der Waals surface area contributed by atoms with Crippen LogP contribution in [-0.2, 0) is 6.42 Å². The molecule has 108 valence electrons. The van der Waals surface area contributed by atoms with Gasteiger partial charge < -0.3 is 4.74 Å². The summed E-state index contributed by atoms with van der Waals surface area (Å²) in [5.41, 5.74) is 1.12. The van der Waals surface area contributed by atoms with E-state index < -0.39 is 10.7 Å². The molecule has 0 amide bonds. The molecule has 2 aromatic carbocycles. The van der Waals surface area contributed by atoms with Gasteiger partial charge in [-0.25, -0.2) is 4.39 Å². The molecule has 0 aromatic heterocycles. The first-order valence-corrected chi connectivity index (χ1v) is 6.21. The molecule has 6 heteroatoms. The number of nitro groups is 1. The number of aldehydes is 1. The zero-order chi connectivity index (χ0) is 15.2. The molecule has 0 aliphatic carbocycles. The van der Waals surface area contributed by atoms with E-state index in [2.05, 4.69) is 0 Å². The van der Waals surface area contributed by atoms with Crippen molar-refractivity contribution in [3.05, 3.63) is 69.5 Å². The minimum atomic E-state index is -0.594. The number of hydrogen-bond acceptors (Lipinski definition) is 4. The topological polar surface area (TPSA) is 69.4 Å². The van der Waals surface area contributed by atoms with Crippen molar-refractivity contribution in [1.29, 1.82) is 0 Å². The molecule has 0 saturated heterocycles. The lowest BCUT2D eigenvalue weighted by Crippen LogP contribution is -2.03. The molecular formula is C15H12FNO4. The highest BCUT2D eigenvalue weighted by molar-refractivity contribution is 5.74. The van der Waals surface area contributed by atoms with E-state index in [0.29, 0.717) is 12.7 Å². The van der Waals surface area contributed by atoms with Gasteiger partial charge in [0.2, 0.25) is 0 Å². The first-order chi connectivity index (χ1) is 10.1. The smallest absolute Gasteiger partial charge is 0.269 e. The number of hydrogen-bond donors (Lipinski definition) is 0. The van der Waals surface area contributed by atoms with Gasteiger partial charge in [-0.2, -0.15) is 0 Å². The number of benzene rings is 2. The average Bonchev–Trinajstić information content (AvgIpc) is 2.49. The highest BCUT2D eigenvalue weighted by atomic mass is 19.1. The Balaban J connectivity index is 1.92. The molecule has 5 nitrogen and oxygen atoms in total. The van der Waals surface area contributed by atoms with Crippen LogP contribution in [0.2, 0.25) is 0 Å². The Morgan fingerprint density at radius 1 is 1.19 bits per heavy atom. The van der Waals surface area contributed by atoms with Crippen LogP contribution in [0.25, 0.3) is 0 Å². The van der Waals surface area contributed by atoms with Crippen molar-refractivity contribution in [3.63, 3.8) is 0 Å². The zero-order valence-corrected chi connectivity index (χ0v) is 11.0. The fourth-order valence-electron chi connectivity index (χ4n) is 1.77. The minimum Gasteiger partial charge on any atom is -0.490 e. The van der Waals surface area contributed by atoms with Gasteiger partial charge in [-0.15, -0.1) is 0 Å². The third kappa shape index (κ3) is 3.85. The minimum absolute atomic E-state index is 0.0233. The van der Waals surface area contributed by atoms with Gasteiger partial charge in [0.25, 0.3) is 5.69 Å². The number of halogens is 1. The lowest BCUT2D eigenvalue weighted by Gasteiger charge is -2.07. The summed E-state index contributed by atoms with van der Waals surface area (Å²) in [6, 6.07) is 10.1. The fraction of sp³-hybridized carbons (Fsp3) is 0.133. The fourth-order valence-corrected chi connectivity index (χ4v) is 1.77. The van der Waals surface area contributed by atoms with Crippen molar-refractivity contribution in [2.24, 2.45) is 0 Å². The van der Waals surface area contributed by atoms with E-state index in [4.69, 9.17) is 4.74 Å². The Bertz CT molecular complexity index is 655. The van der Waals surface area contributed by atoms with Gasteiger partial charge in [-0.05, 0) is 23.8 Å². The predicted octanol–water partition coefficient (Wildman–Crippen LogP) is 3.17.